The van der Waals surface area contributed by atoms with Crippen LogP contribution in [0.5, 0.6) is 0 Å². The number of rotatable bonds is 4. The quantitative estimate of drug-likeness (QED) is 0.804. The maximum absolute atomic E-state index is 12.7. The molecule has 0 aliphatic carbocycles. The zero-order valence-corrected chi connectivity index (χ0v) is 12.5. The van der Waals surface area contributed by atoms with E-state index in [-0.39, 0.29) is 4.31 Å². The number of alkyl halides is 3. The van der Waals surface area contributed by atoms with Crippen molar-refractivity contribution in [1.29, 1.82) is 0 Å². The highest BCUT2D eigenvalue weighted by Gasteiger charge is 2.34. The number of carboxylic acid groups (broad SMARTS) is 1. The first-order valence-corrected chi connectivity index (χ1v) is 7.91. The minimum atomic E-state index is -5.09. The first-order chi connectivity index (χ1) is 10.5. The molecule has 2 rings (SSSR count). The van der Waals surface area contributed by atoms with Crippen molar-refractivity contribution in [2.24, 2.45) is 0 Å². The van der Waals surface area contributed by atoms with Crippen molar-refractivity contribution in [3.05, 3.63) is 41.0 Å². The molecule has 0 saturated carbocycles. The highest BCUT2D eigenvalue weighted by atomic mass is 32.2. The minimum absolute atomic E-state index is 0.0867. The molecule has 124 valence electrons. The number of thiazole rings is 1. The molecule has 1 aromatic carbocycles. The van der Waals surface area contributed by atoms with Gasteiger partial charge in [-0.2, -0.15) is 21.6 Å². The lowest BCUT2D eigenvalue weighted by Crippen LogP contribution is -2.26. The van der Waals surface area contributed by atoms with Crippen LogP contribution in [0.2, 0.25) is 0 Å². The highest BCUT2D eigenvalue weighted by molar-refractivity contribution is 7.87. The van der Waals surface area contributed by atoms with Crippen LogP contribution in [0.15, 0.2) is 29.8 Å². The number of hydrogen-bond donors (Lipinski definition) is 2. The van der Waals surface area contributed by atoms with E-state index in [1.165, 1.54) is 0 Å². The fraction of sp³-hybridized carbons (Fsp3) is 0.0909. The van der Waals surface area contributed by atoms with Gasteiger partial charge in [-0.3, -0.25) is 4.55 Å². The van der Waals surface area contributed by atoms with Crippen molar-refractivity contribution >= 4 is 38.3 Å². The molecular weight excluding hydrogens is 361 g/mol. The maximum Gasteiger partial charge on any atom is 0.416 e. The normalized spacial score (nSPS) is 12.2. The van der Waals surface area contributed by atoms with Gasteiger partial charge in [0.15, 0.2) is 5.69 Å². The number of halogens is 3. The lowest BCUT2D eigenvalue weighted by molar-refractivity contribution is -0.137. The van der Waals surface area contributed by atoms with Gasteiger partial charge < -0.3 is 5.11 Å². The highest BCUT2D eigenvalue weighted by Crippen LogP contribution is 2.37. The zero-order valence-electron chi connectivity index (χ0n) is 10.9. The van der Waals surface area contributed by atoms with Gasteiger partial charge in [-0.1, -0.05) is 6.07 Å². The molecule has 2 aromatic rings. The van der Waals surface area contributed by atoms with E-state index in [0.29, 0.717) is 23.5 Å². The molecular formula is C11H7F3N2O5S2. The third-order valence-electron chi connectivity index (χ3n) is 2.57. The molecule has 1 aromatic heterocycles. The summed E-state index contributed by atoms with van der Waals surface area (Å²) in [7, 11) is -5.09. The van der Waals surface area contributed by atoms with Gasteiger partial charge in [0.2, 0.25) is 0 Å². The van der Waals surface area contributed by atoms with Crippen LogP contribution in [-0.4, -0.2) is 29.0 Å². The first kappa shape index (κ1) is 17.2. The molecule has 12 heteroatoms. The number of carbonyl (C=O) groups is 1. The smallest absolute Gasteiger partial charge is 0.416 e. The Bertz CT molecular complexity index is 847. The standard InChI is InChI=1S/C11H7F3N2O5S2/c12-11(13,14)6-2-1-3-7(4-6)16(23(19,20)21)9-8(10(17)18)15-5-22-9/h1-5H,(H,17,18)(H,19,20,21). The van der Waals surface area contributed by atoms with Crippen molar-refractivity contribution < 1.29 is 36.0 Å². The summed E-state index contributed by atoms with van der Waals surface area (Å²) < 4.78 is 70.7. The number of carboxylic acids is 1. The Labute approximate surface area is 131 Å². The van der Waals surface area contributed by atoms with Crippen LogP contribution in [0.4, 0.5) is 23.9 Å². The van der Waals surface area contributed by atoms with Gasteiger partial charge in [0, 0.05) is 0 Å². The third kappa shape index (κ3) is 3.60. The zero-order chi connectivity index (χ0) is 17.4. The second-order valence-electron chi connectivity index (χ2n) is 4.10. The molecule has 0 amide bonds. The van der Waals surface area contributed by atoms with Crippen molar-refractivity contribution in [1.82, 2.24) is 4.98 Å². The monoisotopic (exact) mass is 368 g/mol. The summed E-state index contributed by atoms with van der Waals surface area (Å²) >= 11 is 0.535. The molecule has 0 aliphatic heterocycles. The summed E-state index contributed by atoms with van der Waals surface area (Å²) in [4.78, 5) is 14.5. The summed E-state index contributed by atoms with van der Waals surface area (Å²) in [5, 5.41) is 8.42. The van der Waals surface area contributed by atoms with Gasteiger partial charge in [-0.05, 0) is 18.2 Å². The largest absolute Gasteiger partial charge is 0.476 e. The fourth-order valence-corrected chi connectivity index (χ4v) is 3.49. The number of anilines is 2. The number of aromatic nitrogens is 1. The van der Waals surface area contributed by atoms with Gasteiger partial charge in [0.25, 0.3) is 0 Å². The Kier molecular flexibility index (Phi) is 4.32. The average molecular weight is 368 g/mol. The Morgan fingerprint density at radius 3 is 2.48 bits per heavy atom. The lowest BCUT2D eigenvalue weighted by atomic mass is 10.2. The number of benzene rings is 1. The molecule has 0 bridgehead atoms. The van der Waals surface area contributed by atoms with E-state index in [9.17, 15) is 30.9 Å². The van der Waals surface area contributed by atoms with Gasteiger partial charge in [0.1, 0.15) is 5.00 Å². The SMILES string of the molecule is O=C(O)c1ncsc1N(c1cccc(C(F)(F)F)c1)S(=O)(=O)O. The Morgan fingerprint density at radius 1 is 1.30 bits per heavy atom. The minimum Gasteiger partial charge on any atom is -0.476 e. The first-order valence-electron chi connectivity index (χ1n) is 5.63. The molecule has 1 heterocycles. The average Bonchev–Trinajstić information content (AvgIpc) is 2.85. The lowest BCUT2D eigenvalue weighted by Gasteiger charge is -2.20. The molecule has 0 spiro atoms. The van der Waals surface area contributed by atoms with Gasteiger partial charge in [0.05, 0.1) is 16.8 Å². The predicted octanol–water partition coefficient (Wildman–Crippen LogP) is 2.80. The number of nitrogens with zero attached hydrogens (tertiary/aromatic N) is 2. The van der Waals surface area contributed by atoms with Gasteiger partial charge >= 0.3 is 22.4 Å². The Balaban J connectivity index is 2.67. The van der Waals surface area contributed by atoms with Crippen LogP contribution in [0.25, 0.3) is 0 Å². The Hall–Kier alpha value is -2.18. The van der Waals surface area contributed by atoms with Crippen LogP contribution in [0, 0.1) is 0 Å². The van der Waals surface area contributed by atoms with E-state index in [1.807, 2.05) is 0 Å². The van der Waals surface area contributed by atoms with E-state index >= 15 is 0 Å². The van der Waals surface area contributed by atoms with E-state index in [1.54, 1.807) is 0 Å². The number of hydrogen-bond acceptors (Lipinski definition) is 5. The molecule has 0 atom stereocenters. The fourth-order valence-electron chi connectivity index (χ4n) is 1.69. The summed E-state index contributed by atoms with van der Waals surface area (Å²) in [6.07, 6.45) is -4.75. The molecule has 0 aliphatic rings. The second-order valence-corrected chi connectivity index (χ2v) is 6.20. The summed E-state index contributed by atoms with van der Waals surface area (Å²) in [5.41, 5.74) is -1.46. The number of aromatic carboxylic acids is 1. The van der Waals surface area contributed by atoms with Crippen molar-refractivity contribution in [3.63, 3.8) is 0 Å². The van der Waals surface area contributed by atoms with E-state index < -0.39 is 44.4 Å². The maximum atomic E-state index is 12.7. The molecule has 7 nitrogen and oxygen atoms in total. The Morgan fingerprint density at radius 2 is 1.96 bits per heavy atom. The summed E-state index contributed by atoms with van der Waals surface area (Å²) in [6.45, 7) is 0. The molecule has 0 radical (unpaired) electrons. The third-order valence-corrected chi connectivity index (χ3v) is 4.35. The summed E-state index contributed by atoms with van der Waals surface area (Å²) in [6, 6.07) is 3.09. The van der Waals surface area contributed by atoms with Gasteiger partial charge in [-0.15, -0.1) is 11.3 Å². The molecule has 23 heavy (non-hydrogen) atoms. The predicted molar refractivity (Wildman–Crippen MR) is 74.2 cm³/mol. The molecule has 0 fully saturated rings. The van der Waals surface area contributed by atoms with E-state index in [2.05, 4.69) is 4.98 Å². The van der Waals surface area contributed by atoms with Crippen molar-refractivity contribution in [3.8, 4) is 0 Å². The van der Waals surface area contributed by atoms with Crippen LogP contribution < -0.4 is 4.31 Å². The van der Waals surface area contributed by atoms with Crippen LogP contribution in [0.1, 0.15) is 16.1 Å². The summed E-state index contributed by atoms with van der Waals surface area (Å²) in [5.74, 6) is -1.60. The van der Waals surface area contributed by atoms with Crippen molar-refractivity contribution in [2.45, 2.75) is 6.18 Å². The van der Waals surface area contributed by atoms with E-state index in [4.69, 9.17) is 5.11 Å². The molecule has 0 saturated heterocycles. The molecule has 2 N–H and O–H groups in total. The van der Waals surface area contributed by atoms with Crippen LogP contribution >= 0.6 is 11.3 Å². The van der Waals surface area contributed by atoms with Gasteiger partial charge in [-0.25, -0.2) is 14.1 Å². The van der Waals surface area contributed by atoms with Crippen LogP contribution in [-0.2, 0) is 16.5 Å². The topological polar surface area (TPSA) is 108 Å². The van der Waals surface area contributed by atoms with Crippen molar-refractivity contribution in [2.75, 3.05) is 4.31 Å². The van der Waals surface area contributed by atoms with Crippen LogP contribution in [0.3, 0.4) is 0 Å². The van der Waals surface area contributed by atoms with E-state index in [0.717, 1.165) is 17.6 Å². The second kappa shape index (κ2) is 5.79. The molecule has 0 unspecified atom stereocenters.